The highest BCUT2D eigenvalue weighted by molar-refractivity contribution is 5.83. The summed E-state index contributed by atoms with van der Waals surface area (Å²) >= 11 is 0. The van der Waals surface area contributed by atoms with Crippen LogP contribution in [0.25, 0.3) is 11.0 Å². The topological polar surface area (TPSA) is 58.2 Å². The SMILES string of the molecule is COc1ccccc1C1CC1C(=O)N(C)Cc1nc2ccccc2[nH]1. The maximum Gasteiger partial charge on any atom is 0.226 e. The Morgan fingerprint density at radius 2 is 2.00 bits per heavy atom. The van der Waals surface area contributed by atoms with E-state index in [1.807, 2.05) is 49.5 Å². The molecule has 3 aromatic rings. The van der Waals surface area contributed by atoms with Crippen LogP contribution in [0.4, 0.5) is 0 Å². The number of fused-ring (bicyclic) bond motifs is 1. The van der Waals surface area contributed by atoms with Gasteiger partial charge in [-0.2, -0.15) is 0 Å². The molecule has 25 heavy (non-hydrogen) atoms. The average Bonchev–Trinajstić information content (AvgIpc) is 3.33. The molecule has 5 heteroatoms. The molecule has 5 nitrogen and oxygen atoms in total. The van der Waals surface area contributed by atoms with Crippen LogP contribution in [0.3, 0.4) is 0 Å². The molecule has 2 unspecified atom stereocenters. The van der Waals surface area contributed by atoms with Gasteiger partial charge in [0.05, 0.1) is 24.7 Å². The van der Waals surface area contributed by atoms with Gasteiger partial charge in [0, 0.05) is 13.0 Å². The fourth-order valence-corrected chi connectivity index (χ4v) is 3.45. The van der Waals surface area contributed by atoms with Crippen molar-refractivity contribution < 1.29 is 9.53 Å². The second-order valence-corrected chi connectivity index (χ2v) is 6.59. The lowest BCUT2D eigenvalue weighted by molar-refractivity contribution is -0.132. The molecule has 1 aliphatic rings. The molecule has 1 N–H and O–H groups in total. The third kappa shape index (κ3) is 2.97. The Kier molecular flexibility index (Phi) is 3.92. The van der Waals surface area contributed by atoms with Crippen molar-refractivity contribution in [2.24, 2.45) is 5.92 Å². The molecular formula is C20H21N3O2. The van der Waals surface area contributed by atoms with E-state index in [9.17, 15) is 4.79 Å². The molecule has 0 bridgehead atoms. The summed E-state index contributed by atoms with van der Waals surface area (Å²) in [7, 11) is 3.51. The van der Waals surface area contributed by atoms with Gasteiger partial charge in [0.25, 0.3) is 0 Å². The molecule has 128 valence electrons. The van der Waals surface area contributed by atoms with Crippen LogP contribution >= 0.6 is 0 Å². The van der Waals surface area contributed by atoms with E-state index in [0.29, 0.717) is 6.54 Å². The summed E-state index contributed by atoms with van der Waals surface area (Å²) in [6.07, 6.45) is 0.879. The lowest BCUT2D eigenvalue weighted by Gasteiger charge is -2.16. The van der Waals surface area contributed by atoms with Crippen molar-refractivity contribution in [3.63, 3.8) is 0 Å². The van der Waals surface area contributed by atoms with Crippen LogP contribution in [0, 0.1) is 5.92 Å². The summed E-state index contributed by atoms with van der Waals surface area (Å²) in [6.45, 7) is 0.489. The van der Waals surface area contributed by atoms with E-state index >= 15 is 0 Å². The molecule has 1 heterocycles. The van der Waals surface area contributed by atoms with E-state index in [2.05, 4.69) is 16.0 Å². The van der Waals surface area contributed by atoms with Gasteiger partial charge in [-0.15, -0.1) is 0 Å². The second kappa shape index (κ2) is 6.24. The van der Waals surface area contributed by atoms with E-state index in [-0.39, 0.29) is 17.7 Å². The fraction of sp³-hybridized carbons (Fsp3) is 0.300. The van der Waals surface area contributed by atoms with E-state index in [1.54, 1.807) is 12.0 Å². The Hall–Kier alpha value is -2.82. The van der Waals surface area contributed by atoms with Gasteiger partial charge >= 0.3 is 0 Å². The van der Waals surface area contributed by atoms with Crippen LogP contribution in [-0.2, 0) is 11.3 Å². The zero-order chi connectivity index (χ0) is 17.4. The number of rotatable bonds is 5. The van der Waals surface area contributed by atoms with Gasteiger partial charge in [0.15, 0.2) is 0 Å². The minimum absolute atomic E-state index is 0.0330. The van der Waals surface area contributed by atoms with Crippen molar-refractivity contribution >= 4 is 16.9 Å². The van der Waals surface area contributed by atoms with E-state index in [1.165, 1.54) is 0 Å². The molecule has 1 aromatic heterocycles. The third-order valence-electron chi connectivity index (χ3n) is 4.85. The Morgan fingerprint density at radius 1 is 1.24 bits per heavy atom. The van der Waals surface area contributed by atoms with Gasteiger partial charge in [-0.3, -0.25) is 4.79 Å². The number of H-pyrrole nitrogens is 1. The number of carbonyl (C=O) groups excluding carboxylic acids is 1. The molecule has 2 atom stereocenters. The third-order valence-corrected chi connectivity index (χ3v) is 4.85. The molecule has 2 aromatic carbocycles. The number of imidazole rings is 1. The van der Waals surface area contributed by atoms with Crippen LogP contribution in [0.2, 0.25) is 0 Å². The van der Waals surface area contributed by atoms with Crippen LogP contribution in [-0.4, -0.2) is 34.9 Å². The largest absolute Gasteiger partial charge is 0.496 e. The van der Waals surface area contributed by atoms with Gasteiger partial charge in [0.1, 0.15) is 11.6 Å². The Labute approximate surface area is 146 Å². The maximum atomic E-state index is 12.8. The first-order valence-corrected chi connectivity index (χ1v) is 8.49. The lowest BCUT2D eigenvalue weighted by Crippen LogP contribution is -2.28. The molecule has 1 saturated carbocycles. The summed E-state index contributed by atoms with van der Waals surface area (Å²) in [5.74, 6) is 2.12. The highest BCUT2D eigenvalue weighted by Gasteiger charge is 2.46. The average molecular weight is 335 g/mol. The fourth-order valence-electron chi connectivity index (χ4n) is 3.45. The molecule has 0 aliphatic heterocycles. The molecule has 0 saturated heterocycles. The normalized spacial score (nSPS) is 19.0. The van der Waals surface area contributed by atoms with Crippen LogP contribution in [0.15, 0.2) is 48.5 Å². The summed E-state index contributed by atoms with van der Waals surface area (Å²) < 4.78 is 5.42. The van der Waals surface area contributed by atoms with E-state index in [0.717, 1.165) is 34.6 Å². The van der Waals surface area contributed by atoms with Crippen molar-refractivity contribution in [2.45, 2.75) is 18.9 Å². The predicted molar refractivity (Wildman–Crippen MR) is 96.4 cm³/mol. The number of hydrogen-bond acceptors (Lipinski definition) is 3. The molecule has 1 amide bonds. The zero-order valence-corrected chi connectivity index (χ0v) is 14.4. The number of benzene rings is 2. The predicted octanol–water partition coefficient (Wildman–Crippen LogP) is 3.33. The van der Waals surface area contributed by atoms with Gasteiger partial charge in [-0.05, 0) is 36.1 Å². The quantitative estimate of drug-likeness (QED) is 0.778. The van der Waals surface area contributed by atoms with E-state index < -0.39 is 0 Å². The second-order valence-electron chi connectivity index (χ2n) is 6.59. The first-order valence-electron chi connectivity index (χ1n) is 8.49. The number of aromatic nitrogens is 2. The number of carbonyl (C=O) groups is 1. The standard InChI is InChI=1S/C20H21N3O2/c1-23(12-19-21-16-8-4-5-9-17(16)22-19)20(24)15-11-14(15)13-7-3-6-10-18(13)25-2/h3-10,14-15H,11-12H2,1-2H3,(H,21,22). The molecule has 0 radical (unpaired) electrons. The number of para-hydroxylation sites is 3. The minimum atomic E-state index is 0.0330. The highest BCUT2D eigenvalue weighted by Crippen LogP contribution is 2.51. The number of nitrogens with zero attached hydrogens (tertiary/aromatic N) is 2. The van der Waals surface area contributed by atoms with Crippen LogP contribution in [0.1, 0.15) is 23.7 Å². The number of aromatic amines is 1. The molecule has 1 fully saturated rings. The zero-order valence-electron chi connectivity index (χ0n) is 14.4. The van der Waals surface area contributed by atoms with Gasteiger partial charge < -0.3 is 14.6 Å². The first kappa shape index (κ1) is 15.7. The van der Waals surface area contributed by atoms with Crippen molar-refractivity contribution in [1.82, 2.24) is 14.9 Å². The smallest absolute Gasteiger partial charge is 0.226 e. The van der Waals surface area contributed by atoms with Crippen molar-refractivity contribution in [2.75, 3.05) is 14.2 Å². The molecule has 0 spiro atoms. The summed E-state index contributed by atoms with van der Waals surface area (Å²) in [5.41, 5.74) is 3.05. The maximum absolute atomic E-state index is 12.8. The Morgan fingerprint density at radius 3 is 2.80 bits per heavy atom. The monoisotopic (exact) mass is 335 g/mol. The first-order chi connectivity index (χ1) is 12.2. The summed E-state index contributed by atoms with van der Waals surface area (Å²) in [5, 5.41) is 0. The van der Waals surface area contributed by atoms with Crippen molar-refractivity contribution in [3.05, 3.63) is 59.9 Å². The number of hydrogen-bond donors (Lipinski definition) is 1. The Bertz CT molecular complexity index is 885. The lowest BCUT2D eigenvalue weighted by atomic mass is 10.1. The van der Waals surface area contributed by atoms with Crippen LogP contribution in [0.5, 0.6) is 5.75 Å². The molecule has 1 aliphatic carbocycles. The number of amides is 1. The summed E-state index contributed by atoms with van der Waals surface area (Å²) in [4.78, 5) is 22.3. The molecule has 4 rings (SSSR count). The number of nitrogens with one attached hydrogen (secondary N) is 1. The summed E-state index contributed by atoms with van der Waals surface area (Å²) in [6, 6.07) is 15.8. The van der Waals surface area contributed by atoms with Gasteiger partial charge in [-0.1, -0.05) is 30.3 Å². The highest BCUT2D eigenvalue weighted by atomic mass is 16.5. The van der Waals surface area contributed by atoms with Crippen molar-refractivity contribution in [1.29, 1.82) is 0 Å². The number of ether oxygens (including phenoxy) is 1. The van der Waals surface area contributed by atoms with Gasteiger partial charge in [-0.25, -0.2) is 4.98 Å². The minimum Gasteiger partial charge on any atom is -0.496 e. The van der Waals surface area contributed by atoms with Crippen LogP contribution < -0.4 is 4.74 Å². The van der Waals surface area contributed by atoms with E-state index in [4.69, 9.17) is 4.74 Å². The van der Waals surface area contributed by atoms with Crippen molar-refractivity contribution in [3.8, 4) is 5.75 Å². The molecular weight excluding hydrogens is 314 g/mol. The Balaban J connectivity index is 1.44. The van der Waals surface area contributed by atoms with Gasteiger partial charge in [0.2, 0.25) is 5.91 Å². The number of methoxy groups -OCH3 is 1.